The molecule has 0 bridgehead atoms. The molecule has 2 N–H and O–H groups in total. The molecule has 0 spiro atoms. The highest BCUT2D eigenvalue weighted by Crippen LogP contribution is 2.34. The fourth-order valence-electron chi connectivity index (χ4n) is 5.16. The molecule has 1 aromatic heterocycles. The van der Waals surface area contributed by atoms with E-state index in [4.69, 9.17) is 18.9 Å². The number of β-amino-alcohol motifs (C(OH)–C–C–N with tert-alkyl or cyclic N) is 1. The largest absolute Gasteiger partial charge is 0.490 e. The van der Waals surface area contributed by atoms with Gasteiger partial charge in [-0.1, -0.05) is 18.2 Å². The Morgan fingerprint density at radius 3 is 2.79 bits per heavy atom. The zero-order chi connectivity index (χ0) is 26.3. The molecule has 3 atom stereocenters. The number of aryl methyl sites for hydroxylation is 1. The number of benzene rings is 2. The second-order valence-electron chi connectivity index (χ2n) is 9.93. The van der Waals surface area contributed by atoms with Crippen LogP contribution in [0, 0.1) is 6.92 Å². The van der Waals surface area contributed by atoms with Gasteiger partial charge in [-0.2, -0.15) is 0 Å². The third-order valence-electron chi connectivity index (χ3n) is 7.12. The van der Waals surface area contributed by atoms with Gasteiger partial charge < -0.3 is 34.3 Å². The second kappa shape index (κ2) is 12.6. The number of aliphatic hydroxyl groups excluding tert-OH is 1. The van der Waals surface area contributed by atoms with Crippen molar-refractivity contribution in [2.24, 2.45) is 0 Å². The standard InChI is InChI=1S/C30H37N3O5/c1-21-10-11-32-29(16-21)38-24-7-5-23(6-8-24)30-26(34)18-31-19-28(30)37-20-22-4-9-27-25(17-22)33(13-15-36-27)12-3-14-35-2/h4-11,16-17,26,28,30-31,34H,3,12-15,18-20H2,1-2H3/t26-,28+,30+/m1/s1. The van der Waals surface area contributed by atoms with Gasteiger partial charge in [-0.15, -0.1) is 0 Å². The maximum Gasteiger partial charge on any atom is 0.219 e. The maximum atomic E-state index is 10.9. The van der Waals surface area contributed by atoms with Gasteiger partial charge in [-0.25, -0.2) is 4.98 Å². The van der Waals surface area contributed by atoms with E-state index in [0.717, 1.165) is 54.2 Å². The highest BCUT2D eigenvalue weighted by molar-refractivity contribution is 5.61. The zero-order valence-electron chi connectivity index (χ0n) is 22.1. The van der Waals surface area contributed by atoms with Gasteiger partial charge in [0, 0.05) is 51.5 Å². The Bertz CT molecular complexity index is 1190. The highest BCUT2D eigenvalue weighted by atomic mass is 16.5. The minimum Gasteiger partial charge on any atom is -0.490 e. The predicted molar refractivity (Wildman–Crippen MR) is 146 cm³/mol. The van der Waals surface area contributed by atoms with Crippen LogP contribution < -0.4 is 19.7 Å². The van der Waals surface area contributed by atoms with E-state index in [-0.39, 0.29) is 12.0 Å². The molecule has 3 aromatic rings. The van der Waals surface area contributed by atoms with Crippen molar-refractivity contribution in [3.63, 3.8) is 0 Å². The number of pyridine rings is 1. The Labute approximate surface area is 224 Å². The van der Waals surface area contributed by atoms with Crippen LogP contribution in [-0.4, -0.2) is 68.8 Å². The van der Waals surface area contributed by atoms with Crippen molar-refractivity contribution in [3.05, 3.63) is 77.5 Å². The fraction of sp³-hybridized carbons (Fsp3) is 0.433. The number of hydrogen-bond donors (Lipinski definition) is 2. The number of nitrogens with zero attached hydrogens (tertiary/aromatic N) is 2. The molecule has 1 fully saturated rings. The first-order valence-corrected chi connectivity index (χ1v) is 13.3. The number of aromatic nitrogens is 1. The van der Waals surface area contributed by atoms with Crippen molar-refractivity contribution in [3.8, 4) is 17.4 Å². The van der Waals surface area contributed by atoms with E-state index in [1.54, 1.807) is 13.3 Å². The number of methoxy groups -OCH3 is 1. The topological polar surface area (TPSA) is 85.3 Å². The zero-order valence-corrected chi connectivity index (χ0v) is 22.1. The van der Waals surface area contributed by atoms with Crippen LogP contribution in [0.15, 0.2) is 60.8 Å². The normalized spacial score (nSPS) is 21.0. The molecule has 2 aromatic carbocycles. The van der Waals surface area contributed by atoms with Crippen LogP contribution in [-0.2, 0) is 16.1 Å². The summed E-state index contributed by atoms with van der Waals surface area (Å²) in [6, 6.07) is 18.0. The van der Waals surface area contributed by atoms with E-state index >= 15 is 0 Å². The molecule has 2 aliphatic heterocycles. The maximum absolute atomic E-state index is 10.9. The van der Waals surface area contributed by atoms with E-state index in [1.807, 2.05) is 49.4 Å². The third-order valence-corrected chi connectivity index (χ3v) is 7.12. The second-order valence-corrected chi connectivity index (χ2v) is 9.93. The molecular formula is C30H37N3O5. The molecule has 0 radical (unpaired) electrons. The number of fused-ring (bicyclic) bond motifs is 1. The predicted octanol–water partition coefficient (Wildman–Crippen LogP) is 4.05. The number of anilines is 1. The van der Waals surface area contributed by atoms with Gasteiger partial charge in [0.1, 0.15) is 18.1 Å². The summed E-state index contributed by atoms with van der Waals surface area (Å²) in [4.78, 5) is 6.62. The highest BCUT2D eigenvalue weighted by Gasteiger charge is 2.34. The molecular weight excluding hydrogens is 482 g/mol. The molecule has 1 saturated heterocycles. The summed E-state index contributed by atoms with van der Waals surface area (Å²) < 4.78 is 23.4. The summed E-state index contributed by atoms with van der Waals surface area (Å²) >= 11 is 0. The molecule has 0 aliphatic carbocycles. The van der Waals surface area contributed by atoms with Gasteiger partial charge in [0.05, 0.1) is 31.0 Å². The summed E-state index contributed by atoms with van der Waals surface area (Å²) in [5.41, 5.74) is 4.30. The Balaban J connectivity index is 1.25. The third kappa shape index (κ3) is 6.45. The number of ether oxygens (including phenoxy) is 4. The smallest absolute Gasteiger partial charge is 0.219 e. The Morgan fingerprint density at radius 2 is 1.97 bits per heavy atom. The lowest BCUT2D eigenvalue weighted by Gasteiger charge is -2.36. The number of hydrogen-bond acceptors (Lipinski definition) is 8. The van der Waals surface area contributed by atoms with Crippen molar-refractivity contribution in [2.45, 2.75) is 38.1 Å². The van der Waals surface area contributed by atoms with Crippen LogP contribution in [0.3, 0.4) is 0 Å². The molecule has 5 rings (SSSR count). The molecule has 202 valence electrons. The molecule has 8 nitrogen and oxygen atoms in total. The molecule has 3 heterocycles. The number of aliphatic hydroxyl groups is 1. The molecule has 0 saturated carbocycles. The quantitative estimate of drug-likeness (QED) is 0.388. The molecule has 2 aliphatic rings. The van der Waals surface area contributed by atoms with Crippen LogP contribution in [0.1, 0.15) is 29.0 Å². The van der Waals surface area contributed by atoms with Gasteiger partial charge >= 0.3 is 0 Å². The average Bonchev–Trinajstić information content (AvgIpc) is 2.93. The average molecular weight is 520 g/mol. The Kier molecular flexibility index (Phi) is 8.75. The van der Waals surface area contributed by atoms with Crippen LogP contribution in [0.4, 0.5) is 5.69 Å². The monoisotopic (exact) mass is 519 g/mol. The van der Waals surface area contributed by atoms with Crippen LogP contribution in [0.5, 0.6) is 17.4 Å². The summed E-state index contributed by atoms with van der Waals surface area (Å²) in [5, 5.41) is 14.2. The Hall–Kier alpha value is -3.17. The van der Waals surface area contributed by atoms with E-state index in [2.05, 4.69) is 27.3 Å². The fourth-order valence-corrected chi connectivity index (χ4v) is 5.16. The minimum atomic E-state index is -0.549. The minimum absolute atomic E-state index is 0.145. The van der Waals surface area contributed by atoms with Gasteiger partial charge in [0.25, 0.3) is 0 Å². The molecule has 0 unspecified atom stereocenters. The van der Waals surface area contributed by atoms with Crippen molar-refractivity contribution in [2.75, 3.05) is 51.4 Å². The van der Waals surface area contributed by atoms with Crippen molar-refractivity contribution in [1.29, 1.82) is 0 Å². The van der Waals surface area contributed by atoms with Crippen LogP contribution in [0.2, 0.25) is 0 Å². The van der Waals surface area contributed by atoms with Crippen molar-refractivity contribution >= 4 is 5.69 Å². The number of rotatable bonds is 10. The van der Waals surface area contributed by atoms with Crippen LogP contribution >= 0.6 is 0 Å². The number of nitrogens with one attached hydrogen (secondary N) is 1. The van der Waals surface area contributed by atoms with Gasteiger partial charge in [-0.05, 0) is 60.4 Å². The number of piperidine rings is 1. The summed E-state index contributed by atoms with van der Waals surface area (Å²) in [6.45, 7) is 6.88. The van der Waals surface area contributed by atoms with Gasteiger partial charge in [-0.3, -0.25) is 0 Å². The Morgan fingerprint density at radius 1 is 1.11 bits per heavy atom. The first-order valence-electron chi connectivity index (χ1n) is 13.3. The summed E-state index contributed by atoms with van der Waals surface area (Å²) in [6.07, 6.45) is 1.98. The van der Waals surface area contributed by atoms with E-state index in [0.29, 0.717) is 37.9 Å². The van der Waals surface area contributed by atoms with E-state index in [9.17, 15) is 5.11 Å². The lowest BCUT2D eigenvalue weighted by Crippen LogP contribution is -2.49. The van der Waals surface area contributed by atoms with Gasteiger partial charge in [0.2, 0.25) is 5.88 Å². The molecule has 38 heavy (non-hydrogen) atoms. The van der Waals surface area contributed by atoms with E-state index in [1.165, 1.54) is 0 Å². The van der Waals surface area contributed by atoms with E-state index < -0.39 is 6.10 Å². The van der Waals surface area contributed by atoms with Gasteiger partial charge in [0.15, 0.2) is 0 Å². The summed E-state index contributed by atoms with van der Waals surface area (Å²) in [7, 11) is 1.73. The summed E-state index contributed by atoms with van der Waals surface area (Å²) in [5.74, 6) is 2.04. The van der Waals surface area contributed by atoms with Crippen molar-refractivity contribution < 1.29 is 24.1 Å². The lowest BCUT2D eigenvalue weighted by molar-refractivity contribution is -0.0328. The molecule has 8 heteroatoms. The first kappa shape index (κ1) is 26.4. The van der Waals surface area contributed by atoms with Crippen LogP contribution in [0.25, 0.3) is 0 Å². The SMILES string of the molecule is COCCCN1CCOc2ccc(CO[C@H]3CNC[C@@H](O)[C@@H]3c3ccc(Oc4cc(C)ccn4)cc3)cc21. The molecule has 0 amide bonds. The lowest BCUT2D eigenvalue weighted by atomic mass is 9.85. The first-order chi connectivity index (χ1) is 18.6. The van der Waals surface area contributed by atoms with Crippen molar-refractivity contribution in [1.82, 2.24) is 10.3 Å².